The molecule has 1 aliphatic heterocycles. The van der Waals surface area contributed by atoms with Crippen LogP contribution in [-0.4, -0.2) is 0 Å². The molecule has 2 atom stereocenters. The van der Waals surface area contributed by atoms with Crippen molar-refractivity contribution in [3.05, 3.63) is 156 Å². The van der Waals surface area contributed by atoms with Crippen molar-refractivity contribution in [2.45, 2.75) is 12.2 Å². The van der Waals surface area contributed by atoms with Gasteiger partial charge in [0.05, 0.1) is 0 Å². The summed E-state index contributed by atoms with van der Waals surface area (Å²) >= 11 is 0. The molecular weight excluding hydrogens is 400 g/mol. The van der Waals surface area contributed by atoms with Crippen molar-refractivity contribution in [2.75, 3.05) is 0 Å². The molecule has 33 heavy (non-hydrogen) atoms. The van der Waals surface area contributed by atoms with Gasteiger partial charge in [-0.2, -0.15) is 0 Å². The van der Waals surface area contributed by atoms with Crippen LogP contribution in [0.25, 0.3) is 22.3 Å². The average Bonchev–Trinajstić information content (AvgIpc) is 3.30. The highest BCUT2D eigenvalue weighted by Gasteiger charge is 2.33. The molecule has 0 amide bonds. The van der Waals surface area contributed by atoms with E-state index in [0.717, 1.165) is 0 Å². The van der Waals surface area contributed by atoms with Crippen molar-refractivity contribution in [2.24, 2.45) is 0 Å². The zero-order valence-electron chi connectivity index (χ0n) is 18.3. The molecule has 1 heteroatoms. The van der Waals surface area contributed by atoms with Crippen LogP contribution < -0.4 is 0 Å². The summed E-state index contributed by atoms with van der Waals surface area (Å²) in [5.74, 6) is 0. The van der Waals surface area contributed by atoms with Gasteiger partial charge in [0.1, 0.15) is 12.2 Å². The maximum Gasteiger partial charge on any atom is 0.109 e. The highest BCUT2D eigenvalue weighted by atomic mass is 16.5. The number of ether oxygens (including phenoxy) is 1. The van der Waals surface area contributed by atoms with Crippen LogP contribution in [0.15, 0.2) is 133 Å². The quantitative estimate of drug-likeness (QED) is 0.282. The number of hydrogen-bond acceptors (Lipinski definition) is 1. The van der Waals surface area contributed by atoms with Crippen molar-refractivity contribution >= 4 is 0 Å². The third-order valence-electron chi connectivity index (χ3n) is 6.47. The number of fused-ring (bicyclic) bond motifs is 1. The highest BCUT2D eigenvalue weighted by molar-refractivity contribution is 5.65. The summed E-state index contributed by atoms with van der Waals surface area (Å²) < 4.78 is 6.70. The molecule has 6 rings (SSSR count). The molecule has 0 spiro atoms. The molecule has 0 aliphatic carbocycles. The smallest absolute Gasteiger partial charge is 0.109 e. The monoisotopic (exact) mass is 424 g/mol. The first-order chi connectivity index (χ1) is 16.4. The molecule has 1 heterocycles. The van der Waals surface area contributed by atoms with Crippen LogP contribution in [0.2, 0.25) is 0 Å². The second-order valence-electron chi connectivity index (χ2n) is 8.50. The Morgan fingerprint density at radius 2 is 0.667 bits per heavy atom. The first-order valence-corrected chi connectivity index (χ1v) is 11.4. The third kappa shape index (κ3) is 3.77. The fourth-order valence-electron chi connectivity index (χ4n) is 4.75. The number of benzene rings is 5. The topological polar surface area (TPSA) is 9.23 Å². The zero-order chi connectivity index (χ0) is 22.0. The van der Waals surface area contributed by atoms with Gasteiger partial charge in [0.25, 0.3) is 0 Å². The minimum atomic E-state index is -0.0650. The van der Waals surface area contributed by atoms with Gasteiger partial charge >= 0.3 is 0 Å². The van der Waals surface area contributed by atoms with Gasteiger partial charge in [-0.05, 0) is 44.5 Å². The molecule has 2 unspecified atom stereocenters. The molecule has 158 valence electrons. The summed E-state index contributed by atoms with van der Waals surface area (Å²) in [6, 6.07) is 47.2. The molecular formula is C32H24O. The van der Waals surface area contributed by atoms with Crippen LogP contribution in [-0.2, 0) is 4.74 Å². The lowest BCUT2D eigenvalue weighted by atomic mass is 9.94. The minimum absolute atomic E-state index is 0.0650. The van der Waals surface area contributed by atoms with Crippen LogP contribution in [0.4, 0.5) is 0 Å². The summed E-state index contributed by atoms with van der Waals surface area (Å²) in [5.41, 5.74) is 9.78. The Balaban J connectivity index is 1.31. The van der Waals surface area contributed by atoms with Crippen LogP contribution in [0.1, 0.15) is 34.5 Å². The second-order valence-corrected chi connectivity index (χ2v) is 8.50. The van der Waals surface area contributed by atoms with Gasteiger partial charge in [0.2, 0.25) is 0 Å². The van der Waals surface area contributed by atoms with Crippen molar-refractivity contribution in [3.63, 3.8) is 0 Å². The van der Waals surface area contributed by atoms with E-state index < -0.39 is 0 Å². The number of rotatable bonds is 4. The van der Waals surface area contributed by atoms with Crippen LogP contribution in [0.3, 0.4) is 0 Å². The van der Waals surface area contributed by atoms with Crippen LogP contribution >= 0.6 is 0 Å². The molecule has 5 aromatic rings. The Labute approximate surface area is 194 Å². The average molecular weight is 425 g/mol. The van der Waals surface area contributed by atoms with E-state index in [-0.39, 0.29) is 12.2 Å². The Hall–Kier alpha value is -3.94. The predicted octanol–water partition coefficient (Wildman–Crippen LogP) is 8.23. The predicted molar refractivity (Wildman–Crippen MR) is 135 cm³/mol. The van der Waals surface area contributed by atoms with E-state index in [1.165, 1.54) is 44.5 Å². The van der Waals surface area contributed by atoms with Crippen molar-refractivity contribution in [1.82, 2.24) is 0 Å². The molecule has 5 aromatic carbocycles. The molecule has 0 fully saturated rings. The molecule has 0 bridgehead atoms. The summed E-state index contributed by atoms with van der Waals surface area (Å²) in [6.07, 6.45) is -0.130. The van der Waals surface area contributed by atoms with Crippen molar-refractivity contribution in [3.8, 4) is 22.3 Å². The molecule has 1 nitrogen and oxygen atoms in total. The minimum Gasteiger partial charge on any atom is -0.356 e. The first-order valence-electron chi connectivity index (χ1n) is 11.4. The fourth-order valence-corrected chi connectivity index (χ4v) is 4.75. The van der Waals surface area contributed by atoms with E-state index in [0.29, 0.717) is 0 Å². The Morgan fingerprint density at radius 1 is 0.333 bits per heavy atom. The zero-order valence-corrected chi connectivity index (χ0v) is 18.3. The van der Waals surface area contributed by atoms with E-state index in [2.05, 4.69) is 121 Å². The molecule has 0 N–H and O–H groups in total. The number of hydrogen-bond donors (Lipinski definition) is 0. The third-order valence-corrected chi connectivity index (χ3v) is 6.47. The highest BCUT2D eigenvalue weighted by Crippen LogP contribution is 2.46. The molecule has 0 saturated heterocycles. The summed E-state index contributed by atoms with van der Waals surface area (Å²) in [7, 11) is 0. The van der Waals surface area contributed by atoms with Gasteiger partial charge in [-0.1, -0.05) is 133 Å². The molecule has 0 saturated carbocycles. The Morgan fingerprint density at radius 3 is 1.06 bits per heavy atom. The van der Waals surface area contributed by atoms with E-state index >= 15 is 0 Å². The Kier molecular flexibility index (Phi) is 5.10. The lowest BCUT2D eigenvalue weighted by molar-refractivity contribution is 0.0582. The van der Waals surface area contributed by atoms with Crippen LogP contribution in [0.5, 0.6) is 0 Å². The lowest BCUT2D eigenvalue weighted by Crippen LogP contribution is -2.02. The van der Waals surface area contributed by atoms with Gasteiger partial charge in [0, 0.05) is 0 Å². The first kappa shape index (κ1) is 19.7. The second kappa shape index (κ2) is 8.54. The Bertz CT molecular complexity index is 1250. The summed E-state index contributed by atoms with van der Waals surface area (Å²) in [6.45, 7) is 0. The standard InChI is InChI=1S/C32H24O/c1-3-9-23(10-4-1)25-15-19-27(20-16-25)31-29-13-7-8-14-30(29)32(33-31)28-21-17-26(18-22-28)24-11-5-2-6-12-24/h1-22,31-32H. The summed E-state index contributed by atoms with van der Waals surface area (Å²) in [5, 5.41) is 0. The van der Waals surface area contributed by atoms with Gasteiger partial charge in [0.15, 0.2) is 0 Å². The van der Waals surface area contributed by atoms with Gasteiger partial charge in [-0.25, -0.2) is 0 Å². The largest absolute Gasteiger partial charge is 0.356 e. The van der Waals surface area contributed by atoms with Gasteiger partial charge in [-0.3, -0.25) is 0 Å². The van der Waals surface area contributed by atoms with Crippen molar-refractivity contribution < 1.29 is 4.74 Å². The van der Waals surface area contributed by atoms with E-state index in [1.807, 2.05) is 12.1 Å². The lowest BCUT2D eigenvalue weighted by Gasteiger charge is -2.16. The fraction of sp³-hybridized carbons (Fsp3) is 0.0625. The summed E-state index contributed by atoms with van der Waals surface area (Å²) in [4.78, 5) is 0. The maximum atomic E-state index is 6.70. The van der Waals surface area contributed by atoms with E-state index in [4.69, 9.17) is 4.74 Å². The SMILES string of the molecule is c1ccc(-c2ccc(C3OC(c4ccc(-c5ccccc5)cc4)c4ccccc43)cc2)cc1. The molecule has 1 aliphatic rings. The van der Waals surface area contributed by atoms with Gasteiger partial charge < -0.3 is 4.74 Å². The van der Waals surface area contributed by atoms with E-state index in [1.54, 1.807) is 0 Å². The molecule has 0 radical (unpaired) electrons. The van der Waals surface area contributed by atoms with Crippen LogP contribution in [0, 0.1) is 0 Å². The maximum absolute atomic E-state index is 6.70. The molecule has 0 aromatic heterocycles. The normalized spacial score (nSPS) is 17.0. The van der Waals surface area contributed by atoms with Gasteiger partial charge in [-0.15, -0.1) is 0 Å². The van der Waals surface area contributed by atoms with E-state index in [9.17, 15) is 0 Å². The van der Waals surface area contributed by atoms with Crippen molar-refractivity contribution in [1.29, 1.82) is 0 Å².